The molecule has 0 aliphatic carbocycles. The standard InChI is InChI=1S/C19H27N3O5S/c1-28(25,26)27-14-2-9-21-10-12-22(13-11-21)16-5-3-15(4-6-16)17-7-8-18(23)20-19(17)24/h3-6,17H,2,7-14H2,1H3,(H,20,23,24). The van der Waals surface area contributed by atoms with Gasteiger partial charge < -0.3 is 4.90 Å². The summed E-state index contributed by atoms with van der Waals surface area (Å²) in [6.07, 6.45) is 2.70. The molecule has 1 aromatic carbocycles. The van der Waals surface area contributed by atoms with Gasteiger partial charge in [0.25, 0.3) is 10.1 Å². The Kier molecular flexibility index (Phi) is 6.69. The van der Waals surface area contributed by atoms with Crippen LogP contribution in [0, 0.1) is 0 Å². The monoisotopic (exact) mass is 409 g/mol. The largest absolute Gasteiger partial charge is 0.369 e. The number of imide groups is 1. The van der Waals surface area contributed by atoms with Gasteiger partial charge in [0.2, 0.25) is 11.8 Å². The molecule has 3 rings (SSSR count). The average Bonchev–Trinajstić information content (AvgIpc) is 2.65. The fraction of sp³-hybridized carbons (Fsp3) is 0.579. The van der Waals surface area contributed by atoms with Crippen molar-refractivity contribution in [2.75, 3.05) is 50.5 Å². The van der Waals surface area contributed by atoms with Crippen LogP contribution in [-0.4, -0.2) is 70.7 Å². The van der Waals surface area contributed by atoms with Crippen molar-refractivity contribution < 1.29 is 22.2 Å². The summed E-state index contributed by atoms with van der Waals surface area (Å²) in [5, 5.41) is 2.40. The van der Waals surface area contributed by atoms with E-state index >= 15 is 0 Å². The lowest BCUT2D eigenvalue weighted by Gasteiger charge is -2.36. The zero-order valence-electron chi connectivity index (χ0n) is 16.1. The smallest absolute Gasteiger partial charge is 0.264 e. The number of nitrogens with one attached hydrogen (secondary N) is 1. The van der Waals surface area contributed by atoms with E-state index in [2.05, 4.69) is 15.1 Å². The van der Waals surface area contributed by atoms with Crippen LogP contribution in [0.2, 0.25) is 0 Å². The van der Waals surface area contributed by atoms with Gasteiger partial charge in [0.05, 0.1) is 18.8 Å². The summed E-state index contributed by atoms with van der Waals surface area (Å²) in [5.74, 6) is -0.658. The highest BCUT2D eigenvalue weighted by molar-refractivity contribution is 7.85. The topological polar surface area (TPSA) is 96.0 Å². The number of rotatable bonds is 7. The van der Waals surface area contributed by atoms with Crippen LogP contribution in [0.4, 0.5) is 5.69 Å². The third kappa shape index (κ3) is 5.76. The molecule has 2 saturated heterocycles. The molecule has 1 unspecified atom stereocenters. The molecule has 0 saturated carbocycles. The van der Waals surface area contributed by atoms with Gasteiger partial charge in [0.15, 0.2) is 0 Å². The molecule has 0 radical (unpaired) electrons. The van der Waals surface area contributed by atoms with E-state index in [4.69, 9.17) is 4.18 Å². The molecule has 8 nitrogen and oxygen atoms in total. The first-order valence-electron chi connectivity index (χ1n) is 9.57. The molecule has 0 bridgehead atoms. The molecule has 2 aliphatic rings. The van der Waals surface area contributed by atoms with Gasteiger partial charge in [-0.1, -0.05) is 12.1 Å². The van der Waals surface area contributed by atoms with E-state index in [-0.39, 0.29) is 24.3 Å². The van der Waals surface area contributed by atoms with E-state index in [0.29, 0.717) is 19.3 Å². The first kappa shape index (κ1) is 20.8. The number of amides is 2. The highest BCUT2D eigenvalue weighted by Crippen LogP contribution is 2.27. The zero-order valence-corrected chi connectivity index (χ0v) is 16.9. The number of carbonyl (C=O) groups is 2. The second-order valence-electron chi connectivity index (χ2n) is 7.30. The Morgan fingerprint density at radius 3 is 2.39 bits per heavy atom. The first-order chi connectivity index (χ1) is 13.3. The summed E-state index contributed by atoms with van der Waals surface area (Å²) in [7, 11) is -3.36. The van der Waals surface area contributed by atoms with Crippen molar-refractivity contribution in [2.45, 2.75) is 25.2 Å². The van der Waals surface area contributed by atoms with Gasteiger partial charge in [-0.2, -0.15) is 8.42 Å². The molecule has 154 valence electrons. The van der Waals surface area contributed by atoms with Crippen LogP contribution in [0.15, 0.2) is 24.3 Å². The third-order valence-electron chi connectivity index (χ3n) is 5.19. The van der Waals surface area contributed by atoms with Gasteiger partial charge >= 0.3 is 0 Å². The van der Waals surface area contributed by atoms with E-state index in [0.717, 1.165) is 50.2 Å². The number of piperazine rings is 1. The minimum absolute atomic E-state index is 0.196. The SMILES string of the molecule is CS(=O)(=O)OCCCN1CCN(c2ccc(C3CCC(=O)NC3=O)cc2)CC1. The Morgan fingerprint density at radius 1 is 1.11 bits per heavy atom. The Balaban J connectivity index is 1.46. The summed E-state index contributed by atoms with van der Waals surface area (Å²) >= 11 is 0. The predicted molar refractivity (Wildman–Crippen MR) is 106 cm³/mol. The Morgan fingerprint density at radius 2 is 1.79 bits per heavy atom. The van der Waals surface area contributed by atoms with Crippen molar-refractivity contribution in [1.82, 2.24) is 10.2 Å². The molecule has 0 aromatic heterocycles. The van der Waals surface area contributed by atoms with Gasteiger partial charge in [-0.15, -0.1) is 0 Å². The molecule has 2 aliphatic heterocycles. The first-order valence-corrected chi connectivity index (χ1v) is 11.4. The van der Waals surface area contributed by atoms with E-state index < -0.39 is 10.1 Å². The number of benzene rings is 1. The molecule has 0 spiro atoms. The second-order valence-corrected chi connectivity index (χ2v) is 8.95. The quantitative estimate of drug-likeness (QED) is 0.402. The van der Waals surface area contributed by atoms with Crippen LogP contribution in [0.3, 0.4) is 0 Å². The molecule has 2 heterocycles. The normalized spacial score (nSPS) is 21.6. The van der Waals surface area contributed by atoms with Crippen molar-refractivity contribution in [3.63, 3.8) is 0 Å². The number of hydrogen-bond donors (Lipinski definition) is 1. The molecule has 9 heteroatoms. The average molecular weight is 410 g/mol. The highest BCUT2D eigenvalue weighted by Gasteiger charge is 2.28. The van der Waals surface area contributed by atoms with Gasteiger partial charge in [-0.05, 0) is 30.5 Å². The Labute approximate surface area is 166 Å². The maximum Gasteiger partial charge on any atom is 0.264 e. The Bertz CT molecular complexity index is 801. The van der Waals surface area contributed by atoms with Crippen molar-refractivity contribution in [3.05, 3.63) is 29.8 Å². The van der Waals surface area contributed by atoms with Gasteiger partial charge in [0, 0.05) is 44.8 Å². The van der Waals surface area contributed by atoms with E-state index in [1.165, 1.54) is 0 Å². The lowest BCUT2D eigenvalue weighted by molar-refractivity contribution is -0.134. The summed E-state index contributed by atoms with van der Waals surface area (Å²) in [4.78, 5) is 27.9. The van der Waals surface area contributed by atoms with E-state index in [1.807, 2.05) is 24.3 Å². The van der Waals surface area contributed by atoms with Gasteiger partial charge in [-0.3, -0.25) is 24.0 Å². The maximum absolute atomic E-state index is 12.0. The molecular weight excluding hydrogens is 382 g/mol. The van der Waals surface area contributed by atoms with Crippen molar-refractivity contribution in [2.24, 2.45) is 0 Å². The van der Waals surface area contributed by atoms with Crippen LogP contribution in [-0.2, 0) is 23.9 Å². The van der Waals surface area contributed by atoms with Crippen LogP contribution >= 0.6 is 0 Å². The number of nitrogens with zero attached hydrogens (tertiary/aromatic N) is 2. The van der Waals surface area contributed by atoms with Crippen molar-refractivity contribution in [3.8, 4) is 0 Å². The molecule has 2 fully saturated rings. The number of hydrogen-bond acceptors (Lipinski definition) is 7. The van der Waals surface area contributed by atoms with Crippen LogP contribution < -0.4 is 10.2 Å². The van der Waals surface area contributed by atoms with Crippen molar-refractivity contribution >= 4 is 27.6 Å². The Hall–Kier alpha value is -1.97. The molecule has 28 heavy (non-hydrogen) atoms. The van der Waals surface area contributed by atoms with Crippen LogP contribution in [0.1, 0.15) is 30.7 Å². The van der Waals surface area contributed by atoms with Crippen molar-refractivity contribution in [1.29, 1.82) is 0 Å². The minimum Gasteiger partial charge on any atom is -0.369 e. The number of carbonyl (C=O) groups excluding carboxylic acids is 2. The number of piperidine rings is 1. The zero-order chi connectivity index (χ0) is 20.1. The minimum atomic E-state index is -3.36. The fourth-order valence-electron chi connectivity index (χ4n) is 3.66. The number of anilines is 1. The van der Waals surface area contributed by atoms with Gasteiger partial charge in [-0.25, -0.2) is 0 Å². The fourth-order valence-corrected chi connectivity index (χ4v) is 4.08. The molecule has 1 atom stereocenters. The van der Waals surface area contributed by atoms with Crippen LogP contribution in [0.5, 0.6) is 0 Å². The highest BCUT2D eigenvalue weighted by atomic mass is 32.2. The molecule has 1 aromatic rings. The summed E-state index contributed by atoms with van der Waals surface area (Å²) < 4.78 is 26.7. The molecule has 1 N–H and O–H groups in total. The van der Waals surface area contributed by atoms with E-state index in [1.54, 1.807) is 0 Å². The van der Waals surface area contributed by atoms with E-state index in [9.17, 15) is 18.0 Å². The second kappa shape index (κ2) is 9.02. The lowest BCUT2D eigenvalue weighted by atomic mass is 9.90. The summed E-state index contributed by atoms with van der Waals surface area (Å²) in [5.41, 5.74) is 2.06. The van der Waals surface area contributed by atoms with Gasteiger partial charge in [0.1, 0.15) is 0 Å². The maximum atomic E-state index is 12.0. The summed E-state index contributed by atoms with van der Waals surface area (Å²) in [6.45, 7) is 4.65. The lowest BCUT2D eigenvalue weighted by Crippen LogP contribution is -2.46. The predicted octanol–water partition coefficient (Wildman–Crippen LogP) is 0.695. The third-order valence-corrected chi connectivity index (χ3v) is 5.78. The molecule has 2 amide bonds. The summed E-state index contributed by atoms with van der Waals surface area (Å²) in [6, 6.07) is 8.03. The molecular formula is C19H27N3O5S. The van der Waals surface area contributed by atoms with Crippen LogP contribution in [0.25, 0.3) is 0 Å².